The zero-order valence-electron chi connectivity index (χ0n) is 11.7. The lowest BCUT2D eigenvalue weighted by atomic mass is 9.86. The second kappa shape index (κ2) is 4.90. The summed E-state index contributed by atoms with van der Waals surface area (Å²) in [7, 11) is 0. The number of hydrogen-bond acceptors (Lipinski definition) is 5. The summed E-state index contributed by atoms with van der Waals surface area (Å²) >= 11 is 0. The molecule has 1 aromatic rings. The molecule has 2 rings (SSSR count). The third-order valence-electron chi connectivity index (χ3n) is 3.78. The summed E-state index contributed by atoms with van der Waals surface area (Å²) in [5.74, 6) is -2.53. The van der Waals surface area contributed by atoms with Gasteiger partial charge in [0, 0.05) is 18.7 Å². The first-order chi connectivity index (χ1) is 9.66. The molecule has 0 bridgehead atoms. The fourth-order valence-corrected chi connectivity index (χ4v) is 2.41. The van der Waals surface area contributed by atoms with Crippen LogP contribution in [-0.4, -0.2) is 37.3 Å². The number of H-pyrrole nitrogens is 1. The Kier molecular flexibility index (Phi) is 3.64. The minimum Gasteiger partial charge on any atom is -0.384 e. The van der Waals surface area contributed by atoms with Gasteiger partial charge in [-0.05, 0) is 12.5 Å². The van der Waals surface area contributed by atoms with Gasteiger partial charge in [0.15, 0.2) is 11.8 Å². The van der Waals surface area contributed by atoms with Crippen LogP contribution >= 0.6 is 0 Å². The van der Waals surface area contributed by atoms with Crippen LogP contribution in [0.1, 0.15) is 26.5 Å². The zero-order chi connectivity index (χ0) is 16.0. The first-order valence-electron chi connectivity index (χ1n) is 6.41. The first kappa shape index (κ1) is 15.6. The van der Waals surface area contributed by atoms with E-state index in [4.69, 9.17) is 4.74 Å². The summed E-state index contributed by atoms with van der Waals surface area (Å²) in [5.41, 5.74) is -3.70. The largest absolute Gasteiger partial charge is 0.384 e. The number of aliphatic hydroxyl groups is 2. The SMILES string of the molecule is C=C(C)C1(O)C(n2ccc(=O)[nH]c2=O)OC(F)(CC)C1O. The molecular weight excluding hydrogens is 283 g/mol. The van der Waals surface area contributed by atoms with Crippen molar-refractivity contribution in [2.45, 2.75) is 44.1 Å². The predicted octanol–water partition coefficient (Wildman–Crippen LogP) is -0.191. The van der Waals surface area contributed by atoms with E-state index >= 15 is 0 Å². The van der Waals surface area contributed by atoms with Crippen molar-refractivity contribution in [1.82, 2.24) is 9.55 Å². The third-order valence-corrected chi connectivity index (χ3v) is 3.78. The maximum Gasteiger partial charge on any atom is 0.330 e. The van der Waals surface area contributed by atoms with Gasteiger partial charge in [0.25, 0.3) is 5.56 Å². The molecular formula is C13H17FN2O5. The maximum atomic E-state index is 14.6. The van der Waals surface area contributed by atoms with Crippen molar-refractivity contribution in [2.24, 2.45) is 0 Å². The lowest BCUT2D eigenvalue weighted by Gasteiger charge is -2.32. The van der Waals surface area contributed by atoms with Crippen LogP contribution in [0.2, 0.25) is 0 Å². The van der Waals surface area contributed by atoms with Crippen molar-refractivity contribution in [2.75, 3.05) is 0 Å². The summed E-state index contributed by atoms with van der Waals surface area (Å²) in [4.78, 5) is 24.9. The number of hydrogen-bond donors (Lipinski definition) is 3. The van der Waals surface area contributed by atoms with E-state index in [2.05, 4.69) is 6.58 Å². The van der Waals surface area contributed by atoms with Gasteiger partial charge in [-0.2, -0.15) is 0 Å². The van der Waals surface area contributed by atoms with Gasteiger partial charge >= 0.3 is 5.69 Å². The van der Waals surface area contributed by atoms with Gasteiger partial charge < -0.3 is 14.9 Å². The molecule has 1 aromatic heterocycles. The fourth-order valence-electron chi connectivity index (χ4n) is 2.41. The summed E-state index contributed by atoms with van der Waals surface area (Å²) < 4.78 is 20.5. The van der Waals surface area contributed by atoms with E-state index in [1.165, 1.54) is 13.8 Å². The highest BCUT2D eigenvalue weighted by Gasteiger charge is 2.64. The third kappa shape index (κ3) is 2.15. The van der Waals surface area contributed by atoms with Crippen LogP contribution < -0.4 is 11.2 Å². The topological polar surface area (TPSA) is 105 Å². The second-order valence-electron chi connectivity index (χ2n) is 5.14. The molecule has 0 aromatic carbocycles. The van der Waals surface area contributed by atoms with Gasteiger partial charge in [0.05, 0.1) is 0 Å². The molecule has 21 heavy (non-hydrogen) atoms. The molecule has 0 aliphatic carbocycles. The molecule has 0 radical (unpaired) electrons. The molecule has 2 heterocycles. The van der Waals surface area contributed by atoms with Crippen LogP contribution in [0, 0.1) is 0 Å². The molecule has 4 unspecified atom stereocenters. The summed E-state index contributed by atoms with van der Waals surface area (Å²) in [6, 6.07) is 1.03. The van der Waals surface area contributed by atoms with Crippen molar-refractivity contribution < 1.29 is 19.3 Å². The number of rotatable bonds is 3. The fraction of sp³-hybridized carbons (Fsp3) is 0.538. The van der Waals surface area contributed by atoms with Gasteiger partial charge in [0.1, 0.15) is 6.10 Å². The summed E-state index contributed by atoms with van der Waals surface area (Å²) in [6.07, 6.45) is -2.64. The van der Waals surface area contributed by atoms with E-state index in [9.17, 15) is 24.2 Å². The molecule has 1 aliphatic rings. The van der Waals surface area contributed by atoms with E-state index in [0.29, 0.717) is 0 Å². The number of aromatic amines is 1. The zero-order valence-corrected chi connectivity index (χ0v) is 11.7. The van der Waals surface area contributed by atoms with Crippen molar-refractivity contribution in [3.8, 4) is 0 Å². The van der Waals surface area contributed by atoms with Gasteiger partial charge in [0.2, 0.25) is 5.85 Å². The minimum atomic E-state index is -2.53. The Hall–Kier alpha value is -1.77. The molecule has 1 fully saturated rings. The highest BCUT2D eigenvalue weighted by Crippen LogP contribution is 2.49. The first-order valence-corrected chi connectivity index (χ1v) is 6.41. The molecule has 1 saturated heterocycles. The molecule has 7 nitrogen and oxygen atoms in total. The molecule has 116 valence electrons. The number of aromatic nitrogens is 2. The Bertz CT molecular complexity index is 684. The van der Waals surface area contributed by atoms with Crippen LogP contribution in [0.4, 0.5) is 4.39 Å². The second-order valence-corrected chi connectivity index (χ2v) is 5.14. The normalized spacial score (nSPS) is 35.9. The van der Waals surface area contributed by atoms with Crippen molar-refractivity contribution in [3.63, 3.8) is 0 Å². The molecule has 8 heteroatoms. The lowest BCUT2D eigenvalue weighted by Crippen LogP contribution is -2.51. The van der Waals surface area contributed by atoms with Gasteiger partial charge in [-0.3, -0.25) is 14.3 Å². The Labute approximate surface area is 119 Å². The number of aliphatic hydroxyl groups excluding tert-OH is 1. The van der Waals surface area contributed by atoms with E-state index < -0.39 is 35.0 Å². The van der Waals surface area contributed by atoms with Crippen LogP contribution in [-0.2, 0) is 4.74 Å². The number of ether oxygens (including phenoxy) is 1. The molecule has 0 saturated carbocycles. The van der Waals surface area contributed by atoms with Crippen molar-refractivity contribution in [3.05, 3.63) is 45.3 Å². The van der Waals surface area contributed by atoms with Crippen LogP contribution in [0.5, 0.6) is 0 Å². The van der Waals surface area contributed by atoms with Gasteiger partial charge in [-0.1, -0.05) is 13.5 Å². The van der Waals surface area contributed by atoms with E-state index in [0.717, 1.165) is 16.8 Å². The molecule has 1 aliphatic heterocycles. The Balaban J connectivity index is 2.63. The maximum absolute atomic E-state index is 14.6. The monoisotopic (exact) mass is 300 g/mol. The smallest absolute Gasteiger partial charge is 0.330 e. The summed E-state index contributed by atoms with van der Waals surface area (Å²) in [5, 5.41) is 20.8. The predicted molar refractivity (Wildman–Crippen MR) is 71.3 cm³/mol. The van der Waals surface area contributed by atoms with E-state index in [-0.39, 0.29) is 12.0 Å². The average Bonchev–Trinajstić information content (AvgIpc) is 2.62. The minimum absolute atomic E-state index is 0.0334. The molecule has 0 spiro atoms. The van der Waals surface area contributed by atoms with Crippen LogP contribution in [0.3, 0.4) is 0 Å². The standard InChI is InChI=1S/C13H17FN2O5/c1-4-12(14)9(18)13(20,7(2)3)10(21-12)16-6-5-8(17)15-11(16)19/h5-6,9-10,18,20H,2,4H2,1,3H3,(H,15,17,19). The van der Waals surface area contributed by atoms with Crippen molar-refractivity contribution >= 4 is 0 Å². The van der Waals surface area contributed by atoms with Crippen LogP contribution in [0.15, 0.2) is 34.0 Å². The van der Waals surface area contributed by atoms with E-state index in [1.54, 1.807) is 0 Å². The summed E-state index contributed by atoms with van der Waals surface area (Å²) in [6.45, 7) is 6.36. The number of nitrogens with zero attached hydrogens (tertiary/aromatic N) is 1. The molecule has 0 amide bonds. The number of nitrogens with one attached hydrogen (secondary N) is 1. The Morgan fingerprint density at radius 3 is 2.71 bits per heavy atom. The van der Waals surface area contributed by atoms with Crippen LogP contribution in [0.25, 0.3) is 0 Å². The Morgan fingerprint density at radius 1 is 1.62 bits per heavy atom. The quantitative estimate of drug-likeness (QED) is 0.671. The number of halogens is 1. The number of alkyl halides is 1. The molecule has 4 atom stereocenters. The highest BCUT2D eigenvalue weighted by molar-refractivity contribution is 5.21. The van der Waals surface area contributed by atoms with Gasteiger partial charge in [-0.15, -0.1) is 0 Å². The highest BCUT2D eigenvalue weighted by atomic mass is 19.2. The molecule has 3 N–H and O–H groups in total. The average molecular weight is 300 g/mol. The Morgan fingerprint density at radius 2 is 2.24 bits per heavy atom. The van der Waals surface area contributed by atoms with Gasteiger partial charge in [-0.25, -0.2) is 9.18 Å². The lowest BCUT2D eigenvalue weighted by molar-refractivity contribution is -0.188. The van der Waals surface area contributed by atoms with Crippen molar-refractivity contribution in [1.29, 1.82) is 0 Å². The van der Waals surface area contributed by atoms with E-state index in [1.807, 2.05) is 4.98 Å².